The van der Waals surface area contributed by atoms with Crippen molar-refractivity contribution in [1.29, 1.82) is 0 Å². The zero-order valence-electron chi connectivity index (χ0n) is 8.95. The standard InChI is InChI=1S/C11H12BrF4N/c12-10-6-9(13)3-2-8(10)7-17-5-1-4-11(14,15)16/h2-3,6,17H,1,4-5,7H2. The first-order chi connectivity index (χ1) is 7.88. The average Bonchev–Trinajstić information content (AvgIpc) is 2.18. The number of benzene rings is 1. The van der Waals surface area contributed by atoms with Crippen molar-refractivity contribution in [3.63, 3.8) is 0 Å². The summed E-state index contributed by atoms with van der Waals surface area (Å²) in [6.45, 7) is 0.696. The fourth-order valence-corrected chi connectivity index (χ4v) is 1.79. The summed E-state index contributed by atoms with van der Waals surface area (Å²) in [6.07, 6.45) is -4.84. The quantitative estimate of drug-likeness (QED) is 0.639. The van der Waals surface area contributed by atoms with Crippen LogP contribution in [0.25, 0.3) is 0 Å². The summed E-state index contributed by atoms with van der Waals surface area (Å²) in [6, 6.07) is 4.24. The van der Waals surface area contributed by atoms with Gasteiger partial charge in [-0.05, 0) is 30.7 Å². The van der Waals surface area contributed by atoms with Crippen molar-refractivity contribution in [2.75, 3.05) is 6.54 Å². The van der Waals surface area contributed by atoms with Crippen LogP contribution in [0.3, 0.4) is 0 Å². The smallest absolute Gasteiger partial charge is 0.313 e. The Labute approximate surface area is 105 Å². The molecule has 0 amide bonds. The van der Waals surface area contributed by atoms with Gasteiger partial charge in [0, 0.05) is 17.4 Å². The van der Waals surface area contributed by atoms with E-state index in [9.17, 15) is 17.6 Å². The van der Waals surface area contributed by atoms with Crippen molar-refractivity contribution in [3.05, 3.63) is 34.1 Å². The highest BCUT2D eigenvalue weighted by molar-refractivity contribution is 9.10. The van der Waals surface area contributed by atoms with Crippen molar-refractivity contribution in [1.82, 2.24) is 5.32 Å². The normalized spacial score (nSPS) is 11.8. The van der Waals surface area contributed by atoms with Crippen LogP contribution in [-0.4, -0.2) is 12.7 Å². The molecule has 0 radical (unpaired) electrons. The molecule has 1 N–H and O–H groups in total. The van der Waals surface area contributed by atoms with Gasteiger partial charge in [-0.3, -0.25) is 0 Å². The molecule has 0 aliphatic rings. The minimum Gasteiger partial charge on any atom is -0.313 e. The van der Waals surface area contributed by atoms with Gasteiger partial charge in [-0.1, -0.05) is 22.0 Å². The Morgan fingerprint density at radius 1 is 1.24 bits per heavy atom. The van der Waals surface area contributed by atoms with Crippen molar-refractivity contribution >= 4 is 15.9 Å². The summed E-state index contributed by atoms with van der Waals surface area (Å²) >= 11 is 3.19. The van der Waals surface area contributed by atoms with Crippen LogP contribution in [0, 0.1) is 5.82 Å². The van der Waals surface area contributed by atoms with E-state index >= 15 is 0 Å². The van der Waals surface area contributed by atoms with Crippen LogP contribution in [0.5, 0.6) is 0 Å². The number of halogens is 5. The van der Waals surface area contributed by atoms with Gasteiger partial charge in [0.25, 0.3) is 0 Å². The van der Waals surface area contributed by atoms with Gasteiger partial charge >= 0.3 is 6.18 Å². The summed E-state index contributed by atoms with van der Waals surface area (Å²) in [5, 5.41) is 2.88. The van der Waals surface area contributed by atoms with Gasteiger partial charge in [-0.15, -0.1) is 0 Å². The van der Waals surface area contributed by atoms with Crippen LogP contribution in [0.4, 0.5) is 17.6 Å². The predicted octanol–water partition coefficient (Wildman–Crippen LogP) is 4.02. The summed E-state index contributed by atoms with van der Waals surface area (Å²) in [4.78, 5) is 0. The van der Waals surface area contributed by atoms with E-state index in [-0.39, 0.29) is 18.8 Å². The molecule has 0 aromatic heterocycles. The Hall–Kier alpha value is -0.620. The number of hydrogen-bond donors (Lipinski definition) is 1. The molecule has 1 aromatic carbocycles. The Kier molecular flexibility index (Phi) is 5.39. The van der Waals surface area contributed by atoms with Crippen LogP contribution < -0.4 is 5.32 Å². The van der Waals surface area contributed by atoms with E-state index in [1.807, 2.05) is 0 Å². The van der Waals surface area contributed by atoms with Gasteiger partial charge < -0.3 is 5.32 Å². The lowest BCUT2D eigenvalue weighted by Gasteiger charge is -2.08. The fourth-order valence-electron chi connectivity index (χ4n) is 1.30. The predicted molar refractivity (Wildman–Crippen MR) is 61.1 cm³/mol. The topological polar surface area (TPSA) is 12.0 Å². The van der Waals surface area contributed by atoms with Crippen LogP contribution >= 0.6 is 15.9 Å². The van der Waals surface area contributed by atoms with Gasteiger partial charge in [0.2, 0.25) is 0 Å². The highest BCUT2D eigenvalue weighted by Crippen LogP contribution is 2.21. The third-order valence-corrected chi connectivity index (χ3v) is 2.88. The maximum Gasteiger partial charge on any atom is 0.389 e. The van der Waals surface area contributed by atoms with Crippen LogP contribution in [0.1, 0.15) is 18.4 Å². The SMILES string of the molecule is Fc1ccc(CNCCCC(F)(F)F)c(Br)c1. The number of rotatable bonds is 5. The van der Waals surface area contributed by atoms with Gasteiger partial charge in [0.15, 0.2) is 0 Å². The molecule has 0 aliphatic carbocycles. The maximum atomic E-state index is 12.7. The molecule has 17 heavy (non-hydrogen) atoms. The summed E-state index contributed by atoms with van der Waals surface area (Å²) in [5.74, 6) is -0.349. The van der Waals surface area contributed by atoms with Gasteiger partial charge in [0.1, 0.15) is 5.82 Å². The third kappa shape index (κ3) is 6.02. The first-order valence-corrected chi connectivity index (χ1v) is 5.89. The Morgan fingerprint density at radius 2 is 1.94 bits per heavy atom. The highest BCUT2D eigenvalue weighted by Gasteiger charge is 2.25. The summed E-state index contributed by atoms with van der Waals surface area (Å²) in [7, 11) is 0. The number of alkyl halides is 3. The molecule has 0 saturated heterocycles. The second kappa shape index (κ2) is 6.35. The first kappa shape index (κ1) is 14.4. The summed E-state index contributed by atoms with van der Waals surface area (Å²) < 4.78 is 48.9. The number of hydrogen-bond acceptors (Lipinski definition) is 1. The summed E-state index contributed by atoms with van der Waals surface area (Å²) in [5.41, 5.74) is 0.818. The molecule has 0 unspecified atom stereocenters. The van der Waals surface area contributed by atoms with Gasteiger partial charge in [0.05, 0.1) is 0 Å². The van der Waals surface area contributed by atoms with Gasteiger partial charge in [-0.2, -0.15) is 13.2 Å². The number of nitrogens with one attached hydrogen (secondary N) is 1. The Balaban J connectivity index is 2.27. The molecular weight excluding hydrogens is 302 g/mol. The minimum atomic E-state index is -4.10. The molecule has 0 heterocycles. The molecule has 0 fully saturated rings. The molecule has 1 nitrogen and oxygen atoms in total. The lowest BCUT2D eigenvalue weighted by atomic mass is 10.2. The third-order valence-electron chi connectivity index (χ3n) is 2.14. The molecule has 96 valence electrons. The van der Waals surface area contributed by atoms with E-state index in [0.717, 1.165) is 5.56 Å². The molecule has 0 saturated carbocycles. The van der Waals surface area contributed by atoms with E-state index in [4.69, 9.17) is 0 Å². The fraction of sp³-hybridized carbons (Fsp3) is 0.455. The minimum absolute atomic E-state index is 0.0440. The van der Waals surface area contributed by atoms with Crippen LogP contribution in [0.15, 0.2) is 22.7 Å². The highest BCUT2D eigenvalue weighted by atomic mass is 79.9. The van der Waals surface area contributed by atoms with Crippen molar-refractivity contribution in [2.45, 2.75) is 25.6 Å². The average molecular weight is 314 g/mol. The van der Waals surface area contributed by atoms with Crippen LogP contribution in [0.2, 0.25) is 0 Å². The van der Waals surface area contributed by atoms with E-state index < -0.39 is 12.6 Å². The zero-order chi connectivity index (χ0) is 12.9. The van der Waals surface area contributed by atoms with E-state index in [1.54, 1.807) is 6.07 Å². The second-order valence-corrected chi connectivity index (χ2v) is 4.49. The maximum absolute atomic E-state index is 12.7. The van der Waals surface area contributed by atoms with E-state index in [0.29, 0.717) is 11.0 Å². The van der Waals surface area contributed by atoms with Crippen molar-refractivity contribution in [3.8, 4) is 0 Å². The molecule has 0 aliphatic heterocycles. The molecule has 0 atom stereocenters. The lowest BCUT2D eigenvalue weighted by molar-refractivity contribution is -0.135. The molecule has 6 heteroatoms. The molecular formula is C11H12BrF4N. The van der Waals surface area contributed by atoms with E-state index in [2.05, 4.69) is 21.2 Å². The van der Waals surface area contributed by atoms with Crippen molar-refractivity contribution < 1.29 is 17.6 Å². The largest absolute Gasteiger partial charge is 0.389 e. The molecule has 1 rings (SSSR count). The van der Waals surface area contributed by atoms with Gasteiger partial charge in [-0.25, -0.2) is 4.39 Å². The molecule has 1 aromatic rings. The monoisotopic (exact) mass is 313 g/mol. The Bertz CT molecular complexity index is 365. The lowest BCUT2D eigenvalue weighted by Crippen LogP contribution is -2.18. The second-order valence-electron chi connectivity index (χ2n) is 3.63. The Morgan fingerprint density at radius 3 is 2.53 bits per heavy atom. The zero-order valence-corrected chi connectivity index (χ0v) is 10.5. The van der Waals surface area contributed by atoms with Crippen molar-refractivity contribution in [2.24, 2.45) is 0 Å². The van der Waals surface area contributed by atoms with E-state index in [1.165, 1.54) is 12.1 Å². The molecule has 0 bridgehead atoms. The molecule has 0 spiro atoms. The van der Waals surface area contributed by atoms with Crippen LogP contribution in [-0.2, 0) is 6.54 Å². The first-order valence-electron chi connectivity index (χ1n) is 5.10.